The maximum atomic E-state index is 11.1. The molecule has 1 heterocycles. The summed E-state index contributed by atoms with van der Waals surface area (Å²) in [5.41, 5.74) is 0. The van der Waals surface area contributed by atoms with Crippen LogP contribution in [0.25, 0.3) is 0 Å². The minimum atomic E-state index is -2.89. The summed E-state index contributed by atoms with van der Waals surface area (Å²) in [5.74, 6) is 1.04. The van der Waals surface area contributed by atoms with Gasteiger partial charge in [-0.05, 0) is 23.7 Å². The molecule has 0 aliphatic carbocycles. The van der Waals surface area contributed by atoms with Gasteiger partial charge in [-0.1, -0.05) is 6.92 Å². The average molecular weight is 252 g/mol. The molecule has 0 bridgehead atoms. The fraction of sp³-hybridized carbons (Fsp3) is 0.556. The normalized spacial score (nSPS) is 11.9. The highest BCUT2D eigenvalue weighted by Crippen LogP contribution is 2.12. The van der Waals surface area contributed by atoms with Gasteiger partial charge in [0.05, 0.1) is 12.3 Å². The highest BCUT2D eigenvalue weighted by Gasteiger charge is 2.06. The van der Waals surface area contributed by atoms with Crippen LogP contribution in [0.3, 0.4) is 0 Å². The van der Waals surface area contributed by atoms with Gasteiger partial charge < -0.3 is 9.73 Å². The largest absolute Gasteiger partial charge is 0.448 e. The summed E-state index contributed by atoms with van der Waals surface area (Å²) in [4.78, 5) is 0. The van der Waals surface area contributed by atoms with E-state index in [0.717, 1.165) is 0 Å². The zero-order valence-electron chi connectivity index (χ0n) is 8.49. The van der Waals surface area contributed by atoms with Crippen molar-refractivity contribution >= 4 is 21.4 Å². The van der Waals surface area contributed by atoms with Crippen molar-refractivity contribution in [3.05, 3.63) is 23.1 Å². The van der Waals surface area contributed by atoms with E-state index in [1.807, 2.05) is 0 Å². The summed E-state index contributed by atoms with van der Waals surface area (Å²) in [6, 6.07) is 3.41. The summed E-state index contributed by atoms with van der Waals surface area (Å²) >= 11 is 5.58. The lowest BCUT2D eigenvalue weighted by Crippen LogP contribution is -2.23. The molecule has 0 atom stereocenters. The zero-order chi connectivity index (χ0) is 11.3. The molecule has 0 unspecified atom stereocenters. The van der Waals surface area contributed by atoms with E-state index >= 15 is 0 Å². The van der Waals surface area contributed by atoms with Crippen LogP contribution in [0.2, 0.25) is 5.22 Å². The Bertz CT molecular complexity index is 399. The highest BCUT2D eigenvalue weighted by atomic mass is 35.5. The van der Waals surface area contributed by atoms with Crippen LogP contribution in [0, 0.1) is 0 Å². The Morgan fingerprint density at radius 2 is 2.20 bits per heavy atom. The number of sulfone groups is 1. The van der Waals surface area contributed by atoms with Crippen LogP contribution in [0.15, 0.2) is 16.5 Å². The maximum Gasteiger partial charge on any atom is 0.193 e. The molecule has 1 aromatic heterocycles. The molecule has 0 aromatic carbocycles. The number of hydrogen-bond acceptors (Lipinski definition) is 4. The Labute approximate surface area is 94.5 Å². The third kappa shape index (κ3) is 4.68. The summed E-state index contributed by atoms with van der Waals surface area (Å²) < 4.78 is 27.4. The molecule has 1 N–H and O–H groups in total. The van der Waals surface area contributed by atoms with Gasteiger partial charge in [0.2, 0.25) is 0 Å². The Morgan fingerprint density at radius 1 is 1.47 bits per heavy atom. The first-order valence-electron chi connectivity index (χ1n) is 4.69. The Morgan fingerprint density at radius 3 is 2.73 bits per heavy atom. The quantitative estimate of drug-likeness (QED) is 0.778. The van der Waals surface area contributed by atoms with Crippen LogP contribution in [0.1, 0.15) is 12.7 Å². The second-order valence-electron chi connectivity index (χ2n) is 3.12. The fourth-order valence-corrected chi connectivity index (χ4v) is 1.94. The van der Waals surface area contributed by atoms with Gasteiger partial charge in [0.25, 0.3) is 0 Å². The standard InChI is InChI=1S/C9H14ClNO3S/c1-2-15(12,13)6-5-11-7-8-3-4-9(10)14-8/h3-4,11H,2,5-7H2,1H3. The molecular formula is C9H14ClNO3S. The molecule has 0 aliphatic rings. The second kappa shape index (κ2) is 5.53. The molecule has 86 valence electrons. The molecule has 15 heavy (non-hydrogen) atoms. The van der Waals surface area contributed by atoms with Gasteiger partial charge in [0.1, 0.15) is 5.76 Å². The number of rotatable bonds is 6. The van der Waals surface area contributed by atoms with E-state index < -0.39 is 9.84 Å². The Hall–Kier alpha value is -0.520. The van der Waals surface area contributed by atoms with E-state index in [0.29, 0.717) is 24.1 Å². The lowest BCUT2D eigenvalue weighted by atomic mass is 10.4. The van der Waals surface area contributed by atoms with Crippen LogP contribution in [-0.2, 0) is 16.4 Å². The number of furan rings is 1. The van der Waals surface area contributed by atoms with E-state index in [-0.39, 0.29) is 11.5 Å². The summed E-state index contributed by atoms with van der Waals surface area (Å²) in [5, 5.41) is 3.31. The monoisotopic (exact) mass is 251 g/mol. The van der Waals surface area contributed by atoms with Crippen LogP contribution in [0.4, 0.5) is 0 Å². The lowest BCUT2D eigenvalue weighted by Gasteiger charge is -2.02. The van der Waals surface area contributed by atoms with Crippen molar-refractivity contribution in [3.63, 3.8) is 0 Å². The van der Waals surface area contributed by atoms with Crippen LogP contribution in [0.5, 0.6) is 0 Å². The number of nitrogens with one attached hydrogen (secondary N) is 1. The zero-order valence-corrected chi connectivity index (χ0v) is 10.1. The van der Waals surface area contributed by atoms with Gasteiger partial charge in [-0.25, -0.2) is 8.42 Å². The number of halogens is 1. The van der Waals surface area contributed by atoms with Crippen molar-refractivity contribution in [2.75, 3.05) is 18.1 Å². The van der Waals surface area contributed by atoms with E-state index in [4.69, 9.17) is 16.0 Å². The van der Waals surface area contributed by atoms with E-state index in [9.17, 15) is 8.42 Å². The minimum Gasteiger partial charge on any atom is -0.448 e. The van der Waals surface area contributed by atoms with Gasteiger partial charge in [-0.15, -0.1) is 0 Å². The fourth-order valence-electron chi connectivity index (χ4n) is 1.03. The predicted molar refractivity (Wildman–Crippen MR) is 59.8 cm³/mol. The molecule has 0 spiro atoms. The van der Waals surface area contributed by atoms with Gasteiger partial charge in [-0.2, -0.15) is 0 Å². The van der Waals surface area contributed by atoms with Gasteiger partial charge >= 0.3 is 0 Å². The molecule has 0 fully saturated rings. The third-order valence-corrected chi connectivity index (χ3v) is 3.87. The molecule has 1 aromatic rings. The van der Waals surface area contributed by atoms with Gasteiger partial charge in [0, 0.05) is 12.3 Å². The molecule has 0 radical (unpaired) electrons. The van der Waals surface area contributed by atoms with Crippen molar-refractivity contribution in [3.8, 4) is 0 Å². The van der Waals surface area contributed by atoms with Crippen molar-refractivity contribution in [2.45, 2.75) is 13.5 Å². The first-order valence-corrected chi connectivity index (χ1v) is 6.89. The van der Waals surface area contributed by atoms with Crippen molar-refractivity contribution in [2.24, 2.45) is 0 Å². The van der Waals surface area contributed by atoms with E-state index in [2.05, 4.69) is 5.32 Å². The first kappa shape index (κ1) is 12.5. The van der Waals surface area contributed by atoms with Crippen LogP contribution < -0.4 is 5.32 Å². The second-order valence-corrected chi connectivity index (χ2v) is 5.96. The van der Waals surface area contributed by atoms with Crippen molar-refractivity contribution in [1.82, 2.24) is 5.32 Å². The summed E-state index contributed by atoms with van der Waals surface area (Å²) in [6.45, 7) is 2.56. The maximum absolute atomic E-state index is 11.1. The molecule has 0 aliphatic heterocycles. The van der Waals surface area contributed by atoms with Gasteiger partial charge in [0.15, 0.2) is 15.1 Å². The first-order chi connectivity index (χ1) is 7.03. The summed E-state index contributed by atoms with van der Waals surface area (Å²) in [7, 11) is -2.89. The molecule has 6 heteroatoms. The van der Waals surface area contributed by atoms with E-state index in [1.54, 1.807) is 19.1 Å². The Kier molecular flexibility index (Phi) is 4.63. The predicted octanol–water partition coefficient (Wildman–Crippen LogP) is 1.46. The topological polar surface area (TPSA) is 59.3 Å². The van der Waals surface area contributed by atoms with E-state index in [1.165, 1.54) is 0 Å². The minimum absolute atomic E-state index is 0.151. The summed E-state index contributed by atoms with van der Waals surface area (Å²) in [6.07, 6.45) is 0. The Balaban J connectivity index is 2.23. The molecule has 1 rings (SSSR count). The van der Waals surface area contributed by atoms with Gasteiger partial charge in [-0.3, -0.25) is 0 Å². The third-order valence-electron chi connectivity index (χ3n) is 1.96. The molecular weight excluding hydrogens is 238 g/mol. The van der Waals surface area contributed by atoms with Crippen molar-refractivity contribution in [1.29, 1.82) is 0 Å². The highest BCUT2D eigenvalue weighted by molar-refractivity contribution is 7.91. The molecule has 0 saturated heterocycles. The molecule has 0 amide bonds. The van der Waals surface area contributed by atoms with Crippen LogP contribution in [-0.4, -0.2) is 26.5 Å². The average Bonchev–Trinajstić information content (AvgIpc) is 2.59. The molecule has 4 nitrogen and oxygen atoms in total. The lowest BCUT2D eigenvalue weighted by molar-refractivity contribution is 0.488. The van der Waals surface area contributed by atoms with Crippen molar-refractivity contribution < 1.29 is 12.8 Å². The van der Waals surface area contributed by atoms with Crippen LogP contribution >= 0.6 is 11.6 Å². The number of hydrogen-bond donors (Lipinski definition) is 1. The molecule has 0 saturated carbocycles. The SMILES string of the molecule is CCS(=O)(=O)CCNCc1ccc(Cl)o1. The smallest absolute Gasteiger partial charge is 0.193 e.